The molecule has 0 bridgehead atoms. The number of aryl methyl sites for hydroxylation is 1. The van der Waals surface area contributed by atoms with E-state index >= 15 is 0 Å². The van der Waals surface area contributed by atoms with Gasteiger partial charge in [-0.1, -0.05) is 30.3 Å². The third kappa shape index (κ3) is 6.19. The molecule has 3 rings (SSSR count). The Morgan fingerprint density at radius 1 is 0.914 bits per heavy atom. The number of nitrogens with zero attached hydrogens (tertiary/aromatic N) is 1. The van der Waals surface area contributed by atoms with E-state index in [1.165, 1.54) is 12.1 Å². The molecule has 0 aliphatic rings. The zero-order valence-corrected chi connectivity index (χ0v) is 20.7. The first-order valence-corrected chi connectivity index (χ1v) is 12.6. The van der Waals surface area contributed by atoms with Crippen LogP contribution < -0.4 is 14.4 Å². The van der Waals surface area contributed by atoms with Gasteiger partial charge in [0, 0.05) is 5.69 Å². The predicted octanol–water partition coefficient (Wildman–Crippen LogP) is 4.40. The third-order valence-electron chi connectivity index (χ3n) is 5.06. The summed E-state index contributed by atoms with van der Waals surface area (Å²) in [5, 5.41) is 2.75. The second-order valence-electron chi connectivity index (χ2n) is 7.52. The van der Waals surface area contributed by atoms with Gasteiger partial charge in [-0.25, -0.2) is 13.2 Å². The Morgan fingerprint density at radius 2 is 1.60 bits per heavy atom. The van der Waals surface area contributed by atoms with Crippen LogP contribution in [-0.4, -0.2) is 40.1 Å². The van der Waals surface area contributed by atoms with Gasteiger partial charge < -0.3 is 14.8 Å². The largest absolute Gasteiger partial charge is 0.492 e. The highest BCUT2D eigenvalue weighted by atomic mass is 32.2. The number of sulfonamides is 1. The fourth-order valence-corrected chi connectivity index (χ4v) is 4.88. The fraction of sp³-hybridized carbons (Fsp3) is 0.231. The molecule has 0 saturated carbocycles. The molecule has 0 aliphatic heterocycles. The number of rotatable bonds is 10. The minimum Gasteiger partial charge on any atom is -0.492 e. The van der Waals surface area contributed by atoms with Crippen molar-refractivity contribution in [3.8, 4) is 5.75 Å². The molecule has 1 amide bonds. The van der Waals surface area contributed by atoms with Gasteiger partial charge in [-0.3, -0.25) is 9.10 Å². The maximum atomic E-state index is 13.6. The number of benzene rings is 3. The minimum absolute atomic E-state index is 0.0501. The monoisotopic (exact) mass is 496 g/mol. The molecule has 0 spiro atoms. The second kappa shape index (κ2) is 11.5. The summed E-state index contributed by atoms with van der Waals surface area (Å²) in [6.07, 6.45) is 0. The van der Waals surface area contributed by atoms with Crippen molar-refractivity contribution in [2.24, 2.45) is 0 Å². The number of nitrogens with one attached hydrogen (secondary N) is 1. The summed E-state index contributed by atoms with van der Waals surface area (Å²) in [4.78, 5) is 25.1. The van der Waals surface area contributed by atoms with Crippen LogP contribution in [-0.2, 0) is 19.6 Å². The van der Waals surface area contributed by atoms with Gasteiger partial charge in [0.05, 0.1) is 29.4 Å². The van der Waals surface area contributed by atoms with Gasteiger partial charge in [0.2, 0.25) is 5.91 Å². The van der Waals surface area contributed by atoms with Crippen LogP contribution in [0.2, 0.25) is 0 Å². The molecule has 8 nitrogen and oxygen atoms in total. The van der Waals surface area contributed by atoms with Gasteiger partial charge in [0.25, 0.3) is 10.0 Å². The van der Waals surface area contributed by atoms with Crippen molar-refractivity contribution in [2.45, 2.75) is 25.7 Å². The van der Waals surface area contributed by atoms with Crippen LogP contribution in [0, 0.1) is 6.92 Å². The number of hydrogen-bond donors (Lipinski definition) is 1. The average Bonchev–Trinajstić information content (AvgIpc) is 2.85. The average molecular weight is 497 g/mol. The van der Waals surface area contributed by atoms with Crippen LogP contribution in [0.1, 0.15) is 29.8 Å². The Kier molecular flexibility index (Phi) is 8.48. The zero-order valence-electron chi connectivity index (χ0n) is 19.9. The van der Waals surface area contributed by atoms with Gasteiger partial charge in [-0.15, -0.1) is 0 Å². The van der Waals surface area contributed by atoms with Crippen molar-refractivity contribution in [1.82, 2.24) is 0 Å². The maximum absolute atomic E-state index is 13.6. The molecular weight excluding hydrogens is 468 g/mol. The predicted molar refractivity (Wildman–Crippen MR) is 134 cm³/mol. The molecule has 0 saturated heterocycles. The van der Waals surface area contributed by atoms with Crippen molar-refractivity contribution in [2.75, 3.05) is 29.4 Å². The molecule has 0 aromatic heterocycles. The summed E-state index contributed by atoms with van der Waals surface area (Å²) in [5.74, 6) is -0.666. The summed E-state index contributed by atoms with van der Waals surface area (Å²) in [6, 6.07) is 19.3. The number of anilines is 2. The topological polar surface area (TPSA) is 102 Å². The first kappa shape index (κ1) is 25.8. The number of amides is 1. The molecule has 3 aromatic rings. The van der Waals surface area contributed by atoms with Crippen molar-refractivity contribution in [1.29, 1.82) is 0 Å². The van der Waals surface area contributed by atoms with Gasteiger partial charge in [-0.05, 0) is 68.8 Å². The van der Waals surface area contributed by atoms with Crippen LogP contribution >= 0.6 is 0 Å². The van der Waals surface area contributed by atoms with E-state index in [0.29, 0.717) is 29.2 Å². The Bertz CT molecular complexity index is 1290. The van der Waals surface area contributed by atoms with Crippen molar-refractivity contribution < 1.29 is 27.5 Å². The van der Waals surface area contributed by atoms with E-state index < -0.39 is 28.4 Å². The van der Waals surface area contributed by atoms with Crippen molar-refractivity contribution >= 4 is 33.3 Å². The Balaban J connectivity index is 1.93. The molecule has 0 radical (unpaired) electrons. The standard InChI is InChI=1S/C26H28N2O6S/c1-4-33-24-14-10-9-13-23(24)28(35(31,32)21-11-7-6-8-12-21)18-25(29)27-22-16-15-20(17-19(22)3)26(30)34-5-2/h6-17H,4-5,18H2,1-3H3,(H,27,29). The number of carbonyl (C=O) groups excluding carboxylic acids is 2. The molecule has 0 heterocycles. The second-order valence-corrected chi connectivity index (χ2v) is 9.39. The molecule has 9 heteroatoms. The molecular formula is C26H28N2O6S. The number of para-hydroxylation sites is 2. The van der Waals surface area contributed by atoms with E-state index in [0.717, 1.165) is 4.31 Å². The van der Waals surface area contributed by atoms with Gasteiger partial charge in [0.1, 0.15) is 12.3 Å². The highest BCUT2D eigenvalue weighted by Crippen LogP contribution is 2.32. The molecule has 0 unspecified atom stereocenters. The van der Waals surface area contributed by atoms with Gasteiger partial charge in [-0.2, -0.15) is 0 Å². The number of esters is 1. The lowest BCUT2D eigenvalue weighted by molar-refractivity contribution is -0.114. The van der Waals surface area contributed by atoms with Crippen molar-refractivity contribution in [3.63, 3.8) is 0 Å². The lowest BCUT2D eigenvalue weighted by Crippen LogP contribution is -2.38. The SMILES string of the molecule is CCOC(=O)c1ccc(NC(=O)CN(c2ccccc2OCC)S(=O)(=O)c2ccccc2)c(C)c1. The quantitative estimate of drug-likeness (QED) is 0.417. The lowest BCUT2D eigenvalue weighted by Gasteiger charge is -2.26. The van der Waals surface area contributed by atoms with E-state index in [2.05, 4.69) is 5.32 Å². The molecule has 1 N–H and O–H groups in total. The minimum atomic E-state index is -4.09. The van der Waals surface area contributed by atoms with Crippen LogP contribution in [0.4, 0.5) is 11.4 Å². The molecule has 0 aliphatic carbocycles. The summed E-state index contributed by atoms with van der Waals surface area (Å²) in [7, 11) is -4.09. The number of hydrogen-bond acceptors (Lipinski definition) is 6. The first-order chi connectivity index (χ1) is 16.8. The molecule has 184 valence electrons. The summed E-state index contributed by atoms with van der Waals surface area (Å²) < 4.78 is 38.8. The number of ether oxygens (including phenoxy) is 2. The van der Waals surface area contributed by atoms with E-state index in [-0.39, 0.29) is 17.2 Å². The molecule has 0 atom stereocenters. The Labute approximate surface area is 205 Å². The number of carbonyl (C=O) groups is 2. The summed E-state index contributed by atoms with van der Waals surface area (Å²) in [6.45, 7) is 5.35. The third-order valence-corrected chi connectivity index (χ3v) is 6.84. The lowest BCUT2D eigenvalue weighted by atomic mass is 10.1. The van der Waals surface area contributed by atoms with Gasteiger partial charge in [0.15, 0.2) is 0 Å². The normalized spacial score (nSPS) is 10.9. The van der Waals surface area contributed by atoms with Gasteiger partial charge >= 0.3 is 5.97 Å². The molecule has 0 fully saturated rings. The summed E-state index contributed by atoms with van der Waals surface area (Å²) in [5.41, 5.74) is 1.71. The van der Waals surface area contributed by atoms with Crippen LogP contribution in [0.5, 0.6) is 5.75 Å². The highest BCUT2D eigenvalue weighted by Gasteiger charge is 2.29. The Morgan fingerprint density at radius 3 is 2.26 bits per heavy atom. The highest BCUT2D eigenvalue weighted by molar-refractivity contribution is 7.92. The van der Waals surface area contributed by atoms with Crippen LogP contribution in [0.3, 0.4) is 0 Å². The Hall–Kier alpha value is -3.85. The van der Waals surface area contributed by atoms with E-state index in [1.807, 2.05) is 0 Å². The van der Waals surface area contributed by atoms with E-state index in [1.54, 1.807) is 81.4 Å². The maximum Gasteiger partial charge on any atom is 0.338 e. The summed E-state index contributed by atoms with van der Waals surface area (Å²) >= 11 is 0. The molecule has 3 aromatic carbocycles. The first-order valence-electron chi connectivity index (χ1n) is 11.1. The zero-order chi connectivity index (χ0) is 25.4. The van der Waals surface area contributed by atoms with E-state index in [9.17, 15) is 18.0 Å². The van der Waals surface area contributed by atoms with Crippen molar-refractivity contribution in [3.05, 3.63) is 83.9 Å². The van der Waals surface area contributed by atoms with E-state index in [4.69, 9.17) is 9.47 Å². The smallest absolute Gasteiger partial charge is 0.338 e. The molecule has 35 heavy (non-hydrogen) atoms. The van der Waals surface area contributed by atoms with Crippen LogP contribution in [0.25, 0.3) is 0 Å². The fourth-order valence-electron chi connectivity index (χ4n) is 3.43. The van der Waals surface area contributed by atoms with Crippen LogP contribution in [0.15, 0.2) is 77.7 Å².